The zero-order chi connectivity index (χ0) is 15.7. The highest BCUT2D eigenvalue weighted by molar-refractivity contribution is 6.15. The highest BCUT2D eigenvalue weighted by Gasteiger charge is 2.27. The molecule has 2 aromatic rings. The van der Waals surface area contributed by atoms with E-state index in [1.54, 1.807) is 30.3 Å². The molecule has 2 N–H and O–H groups in total. The SMILES string of the molecule is COc1cc(O)c2c(c1)OC/C(=C\c1ccccc1O)C2=O. The number of Topliss-reactive ketones (excluding diaryl/α,β-unsaturated/α-hetero) is 1. The smallest absolute Gasteiger partial charge is 0.199 e. The van der Waals surface area contributed by atoms with Crippen LogP contribution in [0.5, 0.6) is 23.0 Å². The van der Waals surface area contributed by atoms with Gasteiger partial charge in [0.25, 0.3) is 0 Å². The van der Waals surface area contributed by atoms with Crippen molar-refractivity contribution in [2.45, 2.75) is 0 Å². The summed E-state index contributed by atoms with van der Waals surface area (Å²) in [6.45, 7) is 0.0623. The third-order valence-corrected chi connectivity index (χ3v) is 3.46. The molecule has 3 rings (SSSR count). The van der Waals surface area contributed by atoms with Gasteiger partial charge >= 0.3 is 0 Å². The molecule has 1 heterocycles. The number of para-hydroxylation sites is 1. The molecule has 1 aliphatic heterocycles. The van der Waals surface area contributed by atoms with Crippen LogP contribution < -0.4 is 9.47 Å². The maximum absolute atomic E-state index is 12.5. The summed E-state index contributed by atoms with van der Waals surface area (Å²) in [6, 6.07) is 9.61. The highest BCUT2D eigenvalue weighted by Crippen LogP contribution is 2.38. The number of ketones is 1. The van der Waals surface area contributed by atoms with Crippen LogP contribution in [0.3, 0.4) is 0 Å². The van der Waals surface area contributed by atoms with E-state index in [0.29, 0.717) is 16.9 Å². The first-order valence-corrected chi connectivity index (χ1v) is 6.67. The van der Waals surface area contributed by atoms with Crippen molar-refractivity contribution in [1.29, 1.82) is 0 Å². The van der Waals surface area contributed by atoms with Crippen LogP contribution in [0.15, 0.2) is 42.0 Å². The second-order valence-corrected chi connectivity index (χ2v) is 4.87. The van der Waals surface area contributed by atoms with Crippen LogP contribution in [0.25, 0.3) is 6.08 Å². The summed E-state index contributed by atoms with van der Waals surface area (Å²) in [7, 11) is 1.47. The quantitative estimate of drug-likeness (QED) is 0.834. The summed E-state index contributed by atoms with van der Waals surface area (Å²) >= 11 is 0. The van der Waals surface area contributed by atoms with Crippen molar-refractivity contribution in [2.75, 3.05) is 13.7 Å². The van der Waals surface area contributed by atoms with Gasteiger partial charge in [-0.15, -0.1) is 0 Å². The number of hydrogen-bond donors (Lipinski definition) is 2. The van der Waals surface area contributed by atoms with Gasteiger partial charge in [-0.2, -0.15) is 0 Å². The highest BCUT2D eigenvalue weighted by atomic mass is 16.5. The van der Waals surface area contributed by atoms with Gasteiger partial charge in [0, 0.05) is 23.3 Å². The van der Waals surface area contributed by atoms with Crippen LogP contribution in [0.1, 0.15) is 15.9 Å². The molecule has 0 unspecified atom stereocenters. The van der Waals surface area contributed by atoms with Crippen molar-refractivity contribution < 1.29 is 24.5 Å². The Morgan fingerprint density at radius 2 is 1.95 bits per heavy atom. The molecule has 5 heteroatoms. The molecule has 1 aliphatic rings. The Morgan fingerprint density at radius 3 is 2.68 bits per heavy atom. The summed E-state index contributed by atoms with van der Waals surface area (Å²) in [5.74, 6) is 0.257. The van der Waals surface area contributed by atoms with E-state index in [1.807, 2.05) is 0 Å². The van der Waals surface area contributed by atoms with E-state index in [-0.39, 0.29) is 35.2 Å². The fraction of sp³-hybridized carbons (Fsp3) is 0.118. The Balaban J connectivity index is 2.03. The van der Waals surface area contributed by atoms with Crippen molar-refractivity contribution in [3.8, 4) is 23.0 Å². The predicted molar refractivity (Wildman–Crippen MR) is 80.6 cm³/mol. The maximum Gasteiger partial charge on any atom is 0.199 e. The van der Waals surface area contributed by atoms with Crippen molar-refractivity contribution in [2.24, 2.45) is 0 Å². The number of fused-ring (bicyclic) bond motifs is 1. The number of rotatable bonds is 2. The molecular weight excluding hydrogens is 284 g/mol. The Kier molecular flexibility index (Phi) is 3.47. The minimum Gasteiger partial charge on any atom is -0.507 e. The number of phenolic OH excluding ortho intramolecular Hbond substituents is 2. The van der Waals surface area contributed by atoms with Crippen LogP contribution >= 0.6 is 0 Å². The summed E-state index contributed by atoms with van der Waals surface area (Å²) in [5, 5.41) is 19.8. The van der Waals surface area contributed by atoms with Gasteiger partial charge in [0.15, 0.2) is 5.78 Å². The Morgan fingerprint density at radius 1 is 1.18 bits per heavy atom. The first-order valence-electron chi connectivity index (χ1n) is 6.67. The van der Waals surface area contributed by atoms with Gasteiger partial charge in [-0.3, -0.25) is 4.79 Å². The standard InChI is InChI=1S/C17H14O5/c1-21-12-7-14(19)16-15(8-12)22-9-11(17(16)20)6-10-4-2-3-5-13(10)18/h2-8,18-19H,9H2,1H3/b11-6+. The first-order chi connectivity index (χ1) is 10.6. The Hall–Kier alpha value is -2.95. The molecule has 0 spiro atoms. The van der Waals surface area contributed by atoms with Crippen LogP contribution in [-0.4, -0.2) is 29.7 Å². The van der Waals surface area contributed by atoms with E-state index < -0.39 is 0 Å². The normalized spacial score (nSPS) is 15.3. The minimum atomic E-state index is -0.329. The topological polar surface area (TPSA) is 76.0 Å². The number of benzene rings is 2. The number of phenols is 2. The van der Waals surface area contributed by atoms with Gasteiger partial charge in [0.1, 0.15) is 35.2 Å². The van der Waals surface area contributed by atoms with Crippen molar-refractivity contribution >= 4 is 11.9 Å². The molecule has 5 nitrogen and oxygen atoms in total. The van der Waals surface area contributed by atoms with E-state index in [4.69, 9.17) is 9.47 Å². The monoisotopic (exact) mass is 298 g/mol. The lowest BCUT2D eigenvalue weighted by Crippen LogP contribution is -2.19. The third kappa shape index (κ3) is 2.37. The van der Waals surface area contributed by atoms with E-state index >= 15 is 0 Å². The van der Waals surface area contributed by atoms with Crippen LogP contribution in [0.2, 0.25) is 0 Å². The Bertz CT molecular complexity index is 777. The molecule has 0 amide bonds. The van der Waals surface area contributed by atoms with E-state index in [1.165, 1.54) is 19.2 Å². The van der Waals surface area contributed by atoms with Crippen molar-refractivity contribution in [3.05, 3.63) is 53.1 Å². The fourth-order valence-electron chi connectivity index (χ4n) is 2.32. The molecule has 0 aliphatic carbocycles. The number of carbonyl (C=O) groups excluding carboxylic acids is 1. The lowest BCUT2D eigenvalue weighted by atomic mass is 9.97. The molecular formula is C17H14O5. The first kappa shape index (κ1) is 14.0. The maximum atomic E-state index is 12.5. The van der Waals surface area contributed by atoms with Gasteiger partial charge < -0.3 is 19.7 Å². The van der Waals surface area contributed by atoms with Gasteiger partial charge in [-0.05, 0) is 12.1 Å². The molecule has 0 bridgehead atoms. The Labute approximate surface area is 127 Å². The number of methoxy groups -OCH3 is 1. The largest absolute Gasteiger partial charge is 0.507 e. The number of hydrogen-bond acceptors (Lipinski definition) is 5. The summed E-state index contributed by atoms with van der Waals surface area (Å²) < 4.78 is 10.6. The average molecular weight is 298 g/mol. The van der Waals surface area contributed by atoms with Gasteiger partial charge in [-0.25, -0.2) is 0 Å². The molecule has 22 heavy (non-hydrogen) atoms. The van der Waals surface area contributed by atoms with Gasteiger partial charge in [0.05, 0.1) is 7.11 Å². The zero-order valence-corrected chi connectivity index (χ0v) is 11.9. The van der Waals surface area contributed by atoms with Crippen LogP contribution in [-0.2, 0) is 0 Å². The lowest BCUT2D eigenvalue weighted by molar-refractivity contribution is 0.0997. The summed E-state index contributed by atoms with van der Waals surface area (Å²) in [4.78, 5) is 12.5. The van der Waals surface area contributed by atoms with E-state index in [2.05, 4.69) is 0 Å². The van der Waals surface area contributed by atoms with Crippen LogP contribution in [0.4, 0.5) is 0 Å². The fourth-order valence-corrected chi connectivity index (χ4v) is 2.32. The molecule has 2 aromatic carbocycles. The number of ether oxygens (including phenoxy) is 2. The van der Waals surface area contributed by atoms with E-state index in [0.717, 1.165) is 0 Å². The number of aromatic hydroxyl groups is 2. The van der Waals surface area contributed by atoms with Crippen molar-refractivity contribution in [3.63, 3.8) is 0 Å². The summed E-state index contributed by atoms with van der Waals surface area (Å²) in [6.07, 6.45) is 1.56. The number of carbonyl (C=O) groups is 1. The van der Waals surface area contributed by atoms with Crippen molar-refractivity contribution in [1.82, 2.24) is 0 Å². The predicted octanol–water partition coefficient (Wildman–Crippen LogP) is 2.77. The van der Waals surface area contributed by atoms with Gasteiger partial charge in [-0.1, -0.05) is 18.2 Å². The third-order valence-electron chi connectivity index (χ3n) is 3.46. The lowest BCUT2D eigenvalue weighted by Gasteiger charge is -2.20. The molecule has 0 saturated carbocycles. The summed E-state index contributed by atoms with van der Waals surface area (Å²) in [5.41, 5.74) is 0.981. The molecule has 112 valence electrons. The second-order valence-electron chi connectivity index (χ2n) is 4.87. The van der Waals surface area contributed by atoms with Gasteiger partial charge in [0.2, 0.25) is 0 Å². The molecule has 0 fully saturated rings. The minimum absolute atomic E-state index is 0.0623. The average Bonchev–Trinajstić information content (AvgIpc) is 2.51. The van der Waals surface area contributed by atoms with Crippen LogP contribution in [0, 0.1) is 0 Å². The molecule has 0 radical (unpaired) electrons. The molecule has 0 saturated heterocycles. The molecule has 0 atom stereocenters. The zero-order valence-electron chi connectivity index (χ0n) is 11.9. The second kappa shape index (κ2) is 5.44. The molecule has 0 aromatic heterocycles. The van der Waals surface area contributed by atoms with E-state index in [9.17, 15) is 15.0 Å².